The van der Waals surface area contributed by atoms with Crippen molar-refractivity contribution in [1.82, 2.24) is 0 Å². The second-order valence-electron chi connectivity index (χ2n) is 10.2. The van der Waals surface area contributed by atoms with E-state index in [4.69, 9.17) is 13.9 Å². The topological polar surface area (TPSA) is 82.8 Å². The van der Waals surface area contributed by atoms with E-state index in [2.05, 4.69) is 13.5 Å². The van der Waals surface area contributed by atoms with Crippen molar-refractivity contribution in [3.8, 4) is 0 Å². The number of methoxy groups -OCH3 is 1. The zero-order valence-electron chi connectivity index (χ0n) is 18.2. The molecule has 3 unspecified atom stereocenters. The molecule has 0 radical (unpaired) electrons. The molecule has 0 aromatic carbocycles. The van der Waals surface area contributed by atoms with Gasteiger partial charge in [-0.05, 0) is 31.6 Å². The molecule has 0 bridgehead atoms. The molecule has 30 heavy (non-hydrogen) atoms. The zero-order valence-corrected chi connectivity index (χ0v) is 18.2. The van der Waals surface area contributed by atoms with Crippen LogP contribution in [0.5, 0.6) is 0 Å². The van der Waals surface area contributed by atoms with Gasteiger partial charge in [-0.2, -0.15) is 0 Å². The molecule has 3 aliphatic carbocycles. The number of fused-ring (bicyclic) bond motifs is 4. The summed E-state index contributed by atoms with van der Waals surface area (Å²) in [5, 5.41) is 0. The van der Waals surface area contributed by atoms with Crippen molar-refractivity contribution in [1.29, 1.82) is 0 Å². The third-order valence-electron chi connectivity index (χ3n) is 9.18. The molecular weight excluding hydrogens is 384 g/mol. The van der Waals surface area contributed by atoms with Crippen molar-refractivity contribution in [2.75, 3.05) is 7.11 Å². The molecule has 7 atom stereocenters. The van der Waals surface area contributed by atoms with Gasteiger partial charge in [0.15, 0.2) is 5.76 Å². The van der Waals surface area contributed by atoms with Gasteiger partial charge in [0.05, 0.1) is 12.9 Å². The van der Waals surface area contributed by atoms with Crippen molar-refractivity contribution < 1.29 is 28.3 Å². The maximum atomic E-state index is 14.0. The Labute approximate surface area is 176 Å². The third-order valence-corrected chi connectivity index (χ3v) is 9.18. The highest BCUT2D eigenvalue weighted by Crippen LogP contribution is 2.70. The Morgan fingerprint density at radius 2 is 1.90 bits per heavy atom. The smallest absolute Gasteiger partial charge is 0.342 e. The number of ether oxygens (including phenoxy) is 2. The lowest BCUT2D eigenvalue weighted by atomic mass is 9.39. The minimum atomic E-state index is -0.861. The Morgan fingerprint density at radius 1 is 1.20 bits per heavy atom. The van der Waals surface area contributed by atoms with Crippen molar-refractivity contribution >= 4 is 17.5 Å². The van der Waals surface area contributed by atoms with E-state index in [1.54, 1.807) is 7.11 Å². The first kappa shape index (κ1) is 19.6. The number of esters is 1. The molecule has 2 saturated carbocycles. The number of hydrogen-bond acceptors (Lipinski definition) is 6. The normalized spacial score (nSPS) is 44.1. The molecule has 0 spiro atoms. The molecule has 1 aromatic rings. The summed E-state index contributed by atoms with van der Waals surface area (Å²) in [5.74, 6) is -0.134. The summed E-state index contributed by atoms with van der Waals surface area (Å²) in [4.78, 5) is 39.6. The fourth-order valence-corrected chi connectivity index (χ4v) is 7.71. The number of cyclic esters (lactones) is 1. The molecule has 0 amide bonds. The molecule has 4 aliphatic rings. The standard InChI is InChI=1S/C24H28O6/c1-11(28-6)13-9-22(3)15(7-8-16(22)25)24(5)19(13)23(4)12(2)30-21(27)14-10-29-18(17(14)23)20(24)26/h10,12-13,15,19H,1,7-9H2,2-6H3/t12-,13+,15?,19?,22+,23+,24?/m1/s1. The predicted octanol–water partition coefficient (Wildman–Crippen LogP) is 4.08. The molecule has 0 saturated heterocycles. The Morgan fingerprint density at radius 3 is 2.57 bits per heavy atom. The summed E-state index contributed by atoms with van der Waals surface area (Å²) >= 11 is 0. The second kappa shape index (κ2) is 5.65. The minimum absolute atomic E-state index is 0.112. The number of ketones is 2. The average Bonchev–Trinajstić information content (AvgIpc) is 3.27. The van der Waals surface area contributed by atoms with Gasteiger partial charge in [-0.3, -0.25) is 9.59 Å². The lowest BCUT2D eigenvalue weighted by Crippen LogP contribution is -2.67. The summed E-state index contributed by atoms with van der Waals surface area (Å²) in [6.07, 6.45) is 2.62. The van der Waals surface area contributed by atoms with E-state index in [-0.39, 0.29) is 35.1 Å². The fourth-order valence-electron chi connectivity index (χ4n) is 7.71. The van der Waals surface area contributed by atoms with Crippen LogP contribution in [0.4, 0.5) is 0 Å². The van der Waals surface area contributed by atoms with Crippen LogP contribution >= 0.6 is 0 Å². The summed E-state index contributed by atoms with van der Waals surface area (Å²) in [5.41, 5.74) is -1.16. The number of carbonyl (C=O) groups is 3. The van der Waals surface area contributed by atoms with Crippen LogP contribution in [-0.2, 0) is 19.7 Å². The highest BCUT2D eigenvalue weighted by molar-refractivity contribution is 6.06. The number of rotatable bonds is 2. The molecular formula is C24H28O6. The average molecular weight is 412 g/mol. The van der Waals surface area contributed by atoms with Crippen LogP contribution in [0.15, 0.2) is 23.0 Å². The first-order valence-electron chi connectivity index (χ1n) is 10.7. The van der Waals surface area contributed by atoms with Gasteiger partial charge in [0, 0.05) is 34.1 Å². The summed E-state index contributed by atoms with van der Waals surface area (Å²) in [7, 11) is 1.58. The highest BCUT2D eigenvalue weighted by Gasteiger charge is 2.73. The van der Waals surface area contributed by atoms with Crippen LogP contribution in [0.25, 0.3) is 0 Å². The predicted molar refractivity (Wildman–Crippen MR) is 107 cm³/mol. The largest absolute Gasteiger partial charge is 0.501 e. The Bertz CT molecular complexity index is 1020. The van der Waals surface area contributed by atoms with Crippen molar-refractivity contribution in [2.45, 2.75) is 58.5 Å². The van der Waals surface area contributed by atoms with E-state index in [0.717, 1.165) is 0 Å². The van der Waals surface area contributed by atoms with Gasteiger partial charge in [-0.15, -0.1) is 0 Å². The lowest BCUT2D eigenvalue weighted by molar-refractivity contribution is -0.144. The number of carbonyl (C=O) groups excluding carboxylic acids is 3. The van der Waals surface area contributed by atoms with Gasteiger partial charge in [0.1, 0.15) is 23.7 Å². The van der Waals surface area contributed by atoms with Gasteiger partial charge in [-0.1, -0.05) is 27.4 Å². The minimum Gasteiger partial charge on any atom is -0.501 e. The van der Waals surface area contributed by atoms with E-state index < -0.39 is 28.3 Å². The monoisotopic (exact) mass is 412 g/mol. The van der Waals surface area contributed by atoms with Gasteiger partial charge >= 0.3 is 5.97 Å². The Hall–Kier alpha value is -2.37. The quantitative estimate of drug-likeness (QED) is 0.538. The lowest BCUT2D eigenvalue weighted by Gasteiger charge is -2.63. The highest BCUT2D eigenvalue weighted by atomic mass is 16.5. The van der Waals surface area contributed by atoms with E-state index in [9.17, 15) is 14.4 Å². The molecule has 1 aliphatic heterocycles. The Kier molecular flexibility index (Phi) is 3.69. The van der Waals surface area contributed by atoms with E-state index >= 15 is 0 Å². The molecule has 0 N–H and O–H groups in total. The van der Waals surface area contributed by atoms with Crippen molar-refractivity contribution in [3.05, 3.63) is 35.5 Å². The molecule has 1 aromatic heterocycles. The number of furan rings is 1. The van der Waals surface area contributed by atoms with E-state index in [1.165, 1.54) is 6.26 Å². The van der Waals surface area contributed by atoms with Gasteiger partial charge in [-0.25, -0.2) is 4.79 Å². The number of Topliss-reactive ketones (excluding diaryl/α,β-unsaturated/α-hetero) is 2. The Balaban J connectivity index is 1.85. The van der Waals surface area contributed by atoms with Crippen LogP contribution in [-0.4, -0.2) is 30.7 Å². The van der Waals surface area contributed by atoms with E-state index in [1.807, 2.05) is 20.8 Å². The van der Waals surface area contributed by atoms with Crippen LogP contribution < -0.4 is 0 Å². The van der Waals surface area contributed by atoms with Gasteiger partial charge in [0.25, 0.3) is 0 Å². The number of allylic oxidation sites excluding steroid dienone is 1. The first-order valence-corrected chi connectivity index (χ1v) is 10.7. The maximum absolute atomic E-state index is 14.0. The maximum Gasteiger partial charge on any atom is 0.342 e. The molecule has 2 heterocycles. The summed E-state index contributed by atoms with van der Waals surface area (Å²) in [6, 6.07) is 0. The number of hydrogen-bond donors (Lipinski definition) is 0. The molecule has 2 fully saturated rings. The van der Waals surface area contributed by atoms with Crippen LogP contribution in [0, 0.1) is 28.6 Å². The molecule has 6 heteroatoms. The SMILES string of the molecule is C=C(OC)[C@@H]1C[C@]2(C)C(=O)CCC2C2(C)C(=O)c3occ4c3[C@@](C)(C12)[C@@H](C)OC4=O. The van der Waals surface area contributed by atoms with Crippen LogP contribution in [0.3, 0.4) is 0 Å². The third kappa shape index (κ3) is 1.89. The zero-order chi connectivity index (χ0) is 21.8. The van der Waals surface area contributed by atoms with E-state index in [0.29, 0.717) is 36.1 Å². The van der Waals surface area contributed by atoms with Crippen LogP contribution in [0.2, 0.25) is 0 Å². The van der Waals surface area contributed by atoms with Gasteiger partial charge in [0.2, 0.25) is 5.78 Å². The summed E-state index contributed by atoms with van der Waals surface area (Å²) in [6.45, 7) is 12.1. The van der Waals surface area contributed by atoms with Gasteiger partial charge < -0.3 is 13.9 Å². The molecule has 160 valence electrons. The fraction of sp³-hybridized carbons (Fsp3) is 0.625. The second-order valence-corrected chi connectivity index (χ2v) is 10.2. The molecule has 5 rings (SSSR count). The van der Waals surface area contributed by atoms with Crippen molar-refractivity contribution in [3.63, 3.8) is 0 Å². The first-order chi connectivity index (χ1) is 14.0. The van der Waals surface area contributed by atoms with Crippen molar-refractivity contribution in [2.24, 2.45) is 28.6 Å². The van der Waals surface area contributed by atoms with Crippen LogP contribution in [0.1, 0.15) is 73.4 Å². The summed E-state index contributed by atoms with van der Waals surface area (Å²) < 4.78 is 17.1. The molecule has 6 nitrogen and oxygen atoms in total.